The molecule has 1 aromatic carbocycles. The molecule has 7 heteroatoms. The Morgan fingerprint density at radius 3 is 2.40 bits per heavy atom. The van der Waals surface area contributed by atoms with Gasteiger partial charge in [-0.1, -0.05) is 12.1 Å². The Labute approximate surface area is 149 Å². The Morgan fingerprint density at radius 2 is 1.80 bits per heavy atom. The van der Waals surface area contributed by atoms with Crippen LogP contribution in [0.2, 0.25) is 0 Å². The van der Waals surface area contributed by atoms with Crippen molar-refractivity contribution >= 4 is 42.9 Å². The summed E-state index contributed by atoms with van der Waals surface area (Å²) < 4.78 is 2.10. The molecule has 1 heterocycles. The first-order valence-electron chi connectivity index (χ1n) is 6.16. The number of aromatic nitrogens is 2. The molecule has 0 aliphatic carbocycles. The van der Waals surface area contributed by atoms with E-state index in [1.54, 1.807) is 0 Å². The number of unbranched alkanes of at least 4 members (excludes halogenated alkanes) is 1. The van der Waals surface area contributed by atoms with Crippen molar-refractivity contribution in [2.45, 2.75) is 19.4 Å². The number of benzene rings is 1. The number of anilines is 1. The van der Waals surface area contributed by atoms with E-state index in [2.05, 4.69) is 53.0 Å². The van der Waals surface area contributed by atoms with Crippen molar-refractivity contribution in [3.63, 3.8) is 0 Å². The molecule has 0 fully saturated rings. The maximum atomic E-state index is 5.65. The van der Waals surface area contributed by atoms with Crippen LogP contribution < -0.4 is 24.7 Å². The Kier molecular flexibility index (Phi) is 10.1. The van der Waals surface area contributed by atoms with Gasteiger partial charge in [-0.2, -0.15) is 0 Å². The summed E-state index contributed by atoms with van der Waals surface area (Å²) in [5.41, 5.74) is 14.0. The van der Waals surface area contributed by atoms with E-state index in [0.717, 1.165) is 42.9 Å². The molecular formula is C13H18I3N4-. The van der Waals surface area contributed by atoms with Gasteiger partial charge in [0.2, 0.25) is 0 Å². The molecule has 1 aromatic heterocycles. The van der Waals surface area contributed by atoms with Crippen LogP contribution in [0.5, 0.6) is 0 Å². The average Bonchev–Trinajstić information content (AvgIpc) is 2.90. The number of hydrogen-bond acceptors (Lipinski definition) is 3. The maximum Gasteiger partial charge on any atom is 0.0953 e. The predicted octanol–water partition coefficient (Wildman–Crippen LogP) is 0.647. The molecule has 0 bridgehead atoms. The van der Waals surface area contributed by atoms with Crippen LogP contribution >= 0.6 is 37.2 Å². The van der Waals surface area contributed by atoms with Crippen molar-refractivity contribution in [3.8, 4) is 11.3 Å². The summed E-state index contributed by atoms with van der Waals surface area (Å²) in [5.74, 6) is 0. The van der Waals surface area contributed by atoms with Crippen LogP contribution in [0.25, 0.3) is 11.3 Å². The molecule has 0 aliphatic rings. The number of rotatable bonds is 5. The van der Waals surface area contributed by atoms with E-state index in [1.165, 1.54) is 0 Å². The van der Waals surface area contributed by atoms with Crippen molar-refractivity contribution < 1.29 is 13.3 Å². The summed E-state index contributed by atoms with van der Waals surface area (Å²) >= 11 is 5.30. The van der Waals surface area contributed by atoms with Crippen molar-refractivity contribution in [1.82, 2.24) is 9.55 Å². The second-order valence-electron chi connectivity index (χ2n) is 4.17. The Morgan fingerprint density at radius 1 is 1.15 bits per heavy atom. The van der Waals surface area contributed by atoms with Crippen molar-refractivity contribution in [3.05, 3.63) is 36.8 Å². The minimum Gasteiger partial charge on any atom is -0.399 e. The van der Waals surface area contributed by atoms with Crippen LogP contribution in [0.1, 0.15) is 12.8 Å². The van der Waals surface area contributed by atoms with E-state index >= 15 is 0 Å². The first-order valence-corrected chi connectivity index (χ1v) is 18.7. The number of imidazole rings is 1. The van der Waals surface area contributed by atoms with Gasteiger partial charge in [-0.15, -0.1) is 0 Å². The summed E-state index contributed by atoms with van der Waals surface area (Å²) in [6, 6.07) is 7.76. The average molecular weight is 611 g/mol. The molecule has 0 atom stereocenters. The van der Waals surface area contributed by atoms with E-state index in [-0.39, 0.29) is 0 Å². The Hall–Kier alpha value is 0.380. The van der Waals surface area contributed by atoms with Gasteiger partial charge in [-0.25, -0.2) is 4.98 Å². The zero-order chi connectivity index (χ0) is 14.8. The summed E-state index contributed by atoms with van der Waals surface area (Å²) in [6.07, 6.45) is 6.06. The molecule has 0 radical (unpaired) electrons. The van der Waals surface area contributed by atoms with Gasteiger partial charge in [0, 0.05) is 24.0 Å². The summed E-state index contributed by atoms with van der Waals surface area (Å²) in [5, 5.41) is 0. The predicted molar refractivity (Wildman–Crippen MR) is 98.4 cm³/mol. The van der Waals surface area contributed by atoms with Gasteiger partial charge in [0.1, 0.15) is 0 Å². The van der Waals surface area contributed by atoms with Crippen LogP contribution in [0.4, 0.5) is 5.69 Å². The third-order valence-electron chi connectivity index (χ3n) is 2.71. The van der Waals surface area contributed by atoms with Gasteiger partial charge in [0.15, 0.2) is 0 Å². The molecule has 0 saturated heterocycles. The minimum absolute atomic E-state index is 0.530. The smallest absolute Gasteiger partial charge is 0.0953 e. The number of nitrogens with zero attached hydrogens (tertiary/aromatic N) is 2. The topological polar surface area (TPSA) is 69.9 Å². The van der Waals surface area contributed by atoms with Gasteiger partial charge in [-0.05, 0) is 31.5 Å². The molecule has 112 valence electrons. The van der Waals surface area contributed by atoms with Crippen molar-refractivity contribution in [1.29, 1.82) is 0 Å². The quantitative estimate of drug-likeness (QED) is 0.297. The van der Waals surface area contributed by atoms with Crippen LogP contribution in [0.3, 0.4) is 0 Å². The fourth-order valence-electron chi connectivity index (χ4n) is 1.72. The van der Waals surface area contributed by atoms with Gasteiger partial charge >= 0.3 is 50.5 Å². The molecular weight excluding hydrogens is 593 g/mol. The number of nitrogens with two attached hydrogens (primary N) is 2. The zero-order valence-corrected chi connectivity index (χ0v) is 17.4. The monoisotopic (exact) mass is 611 g/mol. The van der Waals surface area contributed by atoms with E-state index in [0.29, 0.717) is 13.3 Å². The second-order valence-corrected chi connectivity index (χ2v) is 20.4. The number of nitrogen functional groups attached to an aromatic ring is 1. The van der Waals surface area contributed by atoms with E-state index in [9.17, 15) is 0 Å². The Balaban J connectivity index is 0.000000612. The fourth-order valence-corrected chi connectivity index (χ4v) is 1.72. The third-order valence-corrected chi connectivity index (χ3v) is 2.71. The summed E-state index contributed by atoms with van der Waals surface area (Å²) in [6.45, 7) is 1.72. The minimum atomic E-state index is 0.530. The molecule has 4 N–H and O–H groups in total. The normalized spacial score (nSPS) is 10.2. The molecule has 20 heavy (non-hydrogen) atoms. The first kappa shape index (κ1) is 18.4. The molecule has 2 rings (SSSR count). The van der Waals surface area contributed by atoms with E-state index < -0.39 is 0 Å². The van der Waals surface area contributed by atoms with Crippen molar-refractivity contribution in [2.75, 3.05) is 12.3 Å². The van der Waals surface area contributed by atoms with E-state index in [4.69, 9.17) is 11.5 Å². The molecule has 0 unspecified atom stereocenters. The van der Waals surface area contributed by atoms with Crippen LogP contribution in [0, 0.1) is 0 Å². The van der Waals surface area contributed by atoms with Gasteiger partial charge in [0.25, 0.3) is 0 Å². The third kappa shape index (κ3) is 6.89. The zero-order valence-electron chi connectivity index (χ0n) is 11.0. The maximum absolute atomic E-state index is 5.65. The van der Waals surface area contributed by atoms with Gasteiger partial charge in [0.05, 0.1) is 12.0 Å². The van der Waals surface area contributed by atoms with Gasteiger partial charge in [-0.3, -0.25) is 0 Å². The summed E-state index contributed by atoms with van der Waals surface area (Å²) in [4.78, 5) is 4.39. The first-order chi connectivity index (χ1) is 9.71. The standard InChI is InChI=1S/C13H18N4.I3/c14-7-1-2-8-17-9-13(16-10-17)11-3-5-12(15)6-4-11;1-3-2/h3-6,9-10H,1-2,7-8,14-15H2;/q;-1. The molecule has 0 amide bonds. The molecule has 0 saturated carbocycles. The van der Waals surface area contributed by atoms with Crippen LogP contribution in [0.15, 0.2) is 36.8 Å². The van der Waals surface area contributed by atoms with Crippen LogP contribution in [-0.4, -0.2) is 16.1 Å². The molecule has 4 nitrogen and oxygen atoms in total. The molecule has 2 aromatic rings. The van der Waals surface area contributed by atoms with Crippen molar-refractivity contribution in [2.24, 2.45) is 5.73 Å². The number of hydrogen-bond donors (Lipinski definition) is 2. The number of halogens is 3. The molecule has 0 aliphatic heterocycles. The fraction of sp³-hybridized carbons (Fsp3) is 0.308. The number of aryl methyl sites for hydroxylation is 1. The Bertz CT molecular complexity index is 485. The summed E-state index contributed by atoms with van der Waals surface area (Å²) in [7, 11) is 0. The van der Waals surface area contributed by atoms with Gasteiger partial charge < -0.3 is 16.0 Å². The van der Waals surface area contributed by atoms with Crippen LogP contribution in [-0.2, 0) is 6.54 Å². The second kappa shape index (κ2) is 11.0. The SMILES string of the molecule is I[I-]I.NCCCCn1cnc(-c2ccc(N)cc2)c1. The molecule has 0 spiro atoms. The largest absolute Gasteiger partial charge is 0.399 e. The van der Waals surface area contributed by atoms with E-state index in [1.807, 2.05) is 30.6 Å².